The maximum absolute atomic E-state index is 11.3. The summed E-state index contributed by atoms with van der Waals surface area (Å²) in [7, 11) is 1.62. The molecule has 6 nitrogen and oxygen atoms in total. The number of carbonyl (C=O) groups excluding carboxylic acids is 1. The van der Waals surface area contributed by atoms with Crippen LogP contribution in [0.5, 0.6) is 5.75 Å². The summed E-state index contributed by atoms with van der Waals surface area (Å²) in [5.41, 5.74) is 4.61. The van der Waals surface area contributed by atoms with E-state index in [-0.39, 0.29) is 18.6 Å². The lowest BCUT2D eigenvalue weighted by Crippen LogP contribution is -2.26. The van der Waals surface area contributed by atoms with Crippen molar-refractivity contribution in [1.29, 1.82) is 0 Å². The van der Waals surface area contributed by atoms with Crippen molar-refractivity contribution in [2.75, 3.05) is 32.2 Å². The number of carbonyl (C=O) groups is 1. The molecule has 0 saturated heterocycles. The average molecular weight is 266 g/mol. The molecule has 0 spiro atoms. The van der Waals surface area contributed by atoms with Crippen molar-refractivity contribution in [2.24, 2.45) is 0 Å². The number of fused-ring (bicyclic) bond motifs is 1. The van der Waals surface area contributed by atoms with Gasteiger partial charge in [-0.25, -0.2) is 0 Å². The summed E-state index contributed by atoms with van der Waals surface area (Å²) in [6.07, 6.45) is 0. The predicted molar refractivity (Wildman–Crippen MR) is 69.9 cm³/mol. The topological polar surface area (TPSA) is 68.8 Å². The second-order valence-corrected chi connectivity index (χ2v) is 4.27. The van der Waals surface area contributed by atoms with E-state index < -0.39 is 0 Å². The molecule has 6 heteroatoms. The first-order chi connectivity index (χ1) is 9.20. The van der Waals surface area contributed by atoms with Crippen molar-refractivity contribution in [2.45, 2.75) is 13.0 Å². The molecule has 0 saturated carbocycles. The Morgan fingerprint density at radius 3 is 3.11 bits per heavy atom. The van der Waals surface area contributed by atoms with Gasteiger partial charge in [-0.15, -0.1) is 0 Å². The Hall–Kier alpha value is -1.63. The molecule has 1 amide bonds. The first-order valence-electron chi connectivity index (χ1n) is 6.13. The minimum atomic E-state index is -0.137. The summed E-state index contributed by atoms with van der Waals surface area (Å²) in [4.78, 5) is 16.5. The standard InChI is InChI=1S/C13H18N2O4/c1-9(15-19-6-5-17-2)10-3-4-12-11(7-10)14-13(16)8-18-12/h3-4,7,9,15H,5-6,8H2,1-2H3,(H,14,16). The molecule has 0 aromatic heterocycles. The number of amides is 1. The van der Waals surface area contributed by atoms with E-state index in [0.717, 1.165) is 5.56 Å². The molecule has 1 unspecified atom stereocenters. The highest BCUT2D eigenvalue weighted by atomic mass is 16.7. The van der Waals surface area contributed by atoms with Crippen LogP contribution in [0.25, 0.3) is 0 Å². The van der Waals surface area contributed by atoms with Crippen LogP contribution in [0, 0.1) is 0 Å². The summed E-state index contributed by atoms with van der Waals surface area (Å²) in [5.74, 6) is 0.553. The van der Waals surface area contributed by atoms with Gasteiger partial charge in [-0.1, -0.05) is 6.07 Å². The van der Waals surface area contributed by atoms with Gasteiger partial charge < -0.3 is 14.8 Å². The zero-order valence-corrected chi connectivity index (χ0v) is 11.1. The van der Waals surface area contributed by atoms with Gasteiger partial charge in [0, 0.05) is 7.11 Å². The summed E-state index contributed by atoms with van der Waals surface area (Å²) in [6, 6.07) is 5.66. The third-order valence-corrected chi connectivity index (χ3v) is 2.79. The largest absolute Gasteiger partial charge is 0.482 e. The lowest BCUT2D eigenvalue weighted by Gasteiger charge is -2.20. The number of rotatable bonds is 6. The fourth-order valence-corrected chi connectivity index (χ4v) is 1.75. The quantitative estimate of drug-likeness (QED) is 0.599. The van der Waals surface area contributed by atoms with Crippen LogP contribution in [0.3, 0.4) is 0 Å². The number of nitrogens with one attached hydrogen (secondary N) is 2. The molecule has 0 bridgehead atoms. The third kappa shape index (κ3) is 3.66. The normalized spacial score (nSPS) is 15.4. The Kier molecular flexibility index (Phi) is 4.73. The van der Waals surface area contributed by atoms with E-state index in [4.69, 9.17) is 14.3 Å². The van der Waals surface area contributed by atoms with Crippen molar-refractivity contribution in [1.82, 2.24) is 5.48 Å². The molecular weight excluding hydrogens is 248 g/mol. The molecule has 19 heavy (non-hydrogen) atoms. The van der Waals surface area contributed by atoms with Crippen LogP contribution in [0.1, 0.15) is 18.5 Å². The summed E-state index contributed by atoms with van der Waals surface area (Å²) >= 11 is 0. The molecule has 1 aliphatic rings. The maximum Gasteiger partial charge on any atom is 0.262 e. The highest BCUT2D eigenvalue weighted by Gasteiger charge is 2.17. The van der Waals surface area contributed by atoms with Crippen LogP contribution in [-0.4, -0.2) is 32.8 Å². The molecule has 0 fully saturated rings. The number of anilines is 1. The SMILES string of the molecule is COCCONC(C)c1ccc2c(c1)NC(=O)CO2. The van der Waals surface area contributed by atoms with E-state index in [1.54, 1.807) is 7.11 Å². The fourth-order valence-electron chi connectivity index (χ4n) is 1.75. The number of methoxy groups -OCH3 is 1. The van der Waals surface area contributed by atoms with E-state index in [1.807, 2.05) is 25.1 Å². The van der Waals surface area contributed by atoms with E-state index in [1.165, 1.54) is 0 Å². The second kappa shape index (κ2) is 6.51. The molecule has 0 radical (unpaired) electrons. The van der Waals surface area contributed by atoms with Crippen LogP contribution in [0.2, 0.25) is 0 Å². The lowest BCUT2D eigenvalue weighted by atomic mass is 10.1. The summed E-state index contributed by atoms with van der Waals surface area (Å²) < 4.78 is 10.2. The molecule has 1 heterocycles. The molecule has 104 valence electrons. The Morgan fingerprint density at radius 1 is 1.47 bits per heavy atom. The van der Waals surface area contributed by atoms with Gasteiger partial charge in [-0.3, -0.25) is 9.63 Å². The summed E-state index contributed by atoms with van der Waals surface area (Å²) in [5, 5.41) is 2.78. The highest BCUT2D eigenvalue weighted by molar-refractivity contribution is 5.95. The Labute approximate surface area is 112 Å². The lowest BCUT2D eigenvalue weighted by molar-refractivity contribution is -0.118. The second-order valence-electron chi connectivity index (χ2n) is 4.27. The number of ether oxygens (including phenoxy) is 2. The highest BCUT2D eigenvalue weighted by Crippen LogP contribution is 2.30. The van der Waals surface area contributed by atoms with Crippen molar-refractivity contribution in [3.63, 3.8) is 0 Å². The Balaban J connectivity index is 1.96. The van der Waals surface area contributed by atoms with E-state index in [0.29, 0.717) is 24.7 Å². The molecule has 0 aliphatic carbocycles. The molecule has 1 aromatic rings. The van der Waals surface area contributed by atoms with Gasteiger partial charge in [0.25, 0.3) is 5.91 Å². The number of hydrogen-bond acceptors (Lipinski definition) is 5. The van der Waals surface area contributed by atoms with Gasteiger partial charge in [0.05, 0.1) is 24.9 Å². The van der Waals surface area contributed by atoms with Crippen LogP contribution < -0.4 is 15.5 Å². The monoisotopic (exact) mass is 266 g/mol. The first kappa shape index (κ1) is 13.8. The zero-order chi connectivity index (χ0) is 13.7. The number of benzene rings is 1. The van der Waals surface area contributed by atoms with Crippen LogP contribution in [0.15, 0.2) is 18.2 Å². The minimum absolute atomic E-state index is 0.000912. The van der Waals surface area contributed by atoms with Crippen molar-refractivity contribution < 1.29 is 19.1 Å². The molecule has 1 atom stereocenters. The summed E-state index contributed by atoms with van der Waals surface area (Å²) in [6.45, 7) is 3.06. The Morgan fingerprint density at radius 2 is 2.32 bits per heavy atom. The van der Waals surface area contributed by atoms with Gasteiger partial charge in [-0.05, 0) is 24.6 Å². The van der Waals surface area contributed by atoms with Gasteiger partial charge in [-0.2, -0.15) is 5.48 Å². The Bertz CT molecular complexity index is 450. The zero-order valence-electron chi connectivity index (χ0n) is 11.1. The average Bonchev–Trinajstić information content (AvgIpc) is 2.42. The van der Waals surface area contributed by atoms with Gasteiger partial charge >= 0.3 is 0 Å². The van der Waals surface area contributed by atoms with E-state index in [2.05, 4.69) is 10.8 Å². The van der Waals surface area contributed by atoms with Crippen molar-refractivity contribution in [3.8, 4) is 5.75 Å². The van der Waals surface area contributed by atoms with Crippen LogP contribution in [-0.2, 0) is 14.4 Å². The number of hydrogen-bond donors (Lipinski definition) is 2. The predicted octanol–water partition coefficient (Wildman–Crippen LogP) is 1.25. The van der Waals surface area contributed by atoms with Gasteiger partial charge in [0.1, 0.15) is 5.75 Å². The van der Waals surface area contributed by atoms with Gasteiger partial charge in [0.15, 0.2) is 6.61 Å². The molecule has 1 aromatic carbocycles. The third-order valence-electron chi connectivity index (χ3n) is 2.79. The molecular formula is C13H18N2O4. The van der Waals surface area contributed by atoms with Crippen LogP contribution >= 0.6 is 0 Å². The first-order valence-corrected chi connectivity index (χ1v) is 6.13. The maximum atomic E-state index is 11.3. The van der Waals surface area contributed by atoms with E-state index >= 15 is 0 Å². The smallest absolute Gasteiger partial charge is 0.262 e. The van der Waals surface area contributed by atoms with Gasteiger partial charge in [0.2, 0.25) is 0 Å². The molecule has 2 rings (SSSR count). The van der Waals surface area contributed by atoms with E-state index in [9.17, 15) is 4.79 Å². The van der Waals surface area contributed by atoms with Crippen molar-refractivity contribution in [3.05, 3.63) is 23.8 Å². The minimum Gasteiger partial charge on any atom is -0.482 e. The fraction of sp³-hybridized carbons (Fsp3) is 0.462. The molecule has 2 N–H and O–H groups in total. The van der Waals surface area contributed by atoms with Crippen molar-refractivity contribution >= 4 is 11.6 Å². The number of hydroxylamine groups is 1. The van der Waals surface area contributed by atoms with Crippen LogP contribution in [0.4, 0.5) is 5.69 Å². The molecule has 1 aliphatic heterocycles.